The molecule has 19 heavy (non-hydrogen) atoms. The van der Waals surface area contributed by atoms with Crippen LogP contribution < -0.4 is 5.32 Å². The summed E-state index contributed by atoms with van der Waals surface area (Å²) in [6.07, 6.45) is 9.79. The zero-order valence-electron chi connectivity index (χ0n) is 12.8. The van der Waals surface area contributed by atoms with E-state index in [4.69, 9.17) is 0 Å². The van der Waals surface area contributed by atoms with Crippen LogP contribution >= 0.6 is 0 Å². The molecule has 2 fully saturated rings. The first-order chi connectivity index (χ1) is 9.06. The lowest BCUT2D eigenvalue weighted by atomic mass is 9.79. The summed E-state index contributed by atoms with van der Waals surface area (Å²) in [6, 6.07) is 1.06. The van der Waals surface area contributed by atoms with Gasteiger partial charge in [-0.3, -0.25) is 9.11 Å². The van der Waals surface area contributed by atoms with Gasteiger partial charge in [-0.1, -0.05) is 26.2 Å². The first-order valence-corrected chi connectivity index (χ1v) is 9.60. The van der Waals surface area contributed by atoms with Crippen molar-refractivity contribution in [1.82, 2.24) is 10.2 Å². The van der Waals surface area contributed by atoms with Gasteiger partial charge in [0.15, 0.2) is 0 Å². The molecule has 112 valence electrons. The minimum absolute atomic E-state index is 0.355. The van der Waals surface area contributed by atoms with Crippen molar-refractivity contribution >= 4 is 10.8 Å². The SMILES string of the molecule is CCC1CNC2(CCCCC2)CN1C(C)CS(C)=O. The third kappa shape index (κ3) is 3.79. The summed E-state index contributed by atoms with van der Waals surface area (Å²) >= 11 is 0. The topological polar surface area (TPSA) is 32.3 Å². The van der Waals surface area contributed by atoms with Crippen LogP contribution in [0, 0.1) is 0 Å². The fourth-order valence-electron chi connectivity index (χ4n) is 3.88. The summed E-state index contributed by atoms with van der Waals surface area (Å²) < 4.78 is 11.5. The predicted octanol–water partition coefficient (Wildman–Crippen LogP) is 2.14. The van der Waals surface area contributed by atoms with Gasteiger partial charge in [-0.25, -0.2) is 0 Å². The van der Waals surface area contributed by atoms with E-state index in [1.54, 1.807) is 0 Å². The van der Waals surface area contributed by atoms with E-state index >= 15 is 0 Å². The van der Waals surface area contributed by atoms with E-state index < -0.39 is 10.8 Å². The van der Waals surface area contributed by atoms with Crippen LogP contribution in [0.25, 0.3) is 0 Å². The molecule has 0 aromatic carbocycles. The van der Waals surface area contributed by atoms with E-state index in [1.807, 2.05) is 6.26 Å². The molecular weight excluding hydrogens is 256 g/mol. The van der Waals surface area contributed by atoms with Crippen LogP contribution in [-0.2, 0) is 10.8 Å². The predicted molar refractivity (Wildman–Crippen MR) is 83.0 cm³/mol. The molecule has 0 aromatic rings. The fourth-order valence-corrected chi connectivity index (χ4v) is 4.75. The van der Waals surface area contributed by atoms with E-state index in [2.05, 4.69) is 24.1 Å². The Kier molecular flexibility index (Phi) is 5.44. The van der Waals surface area contributed by atoms with Crippen molar-refractivity contribution in [2.75, 3.05) is 25.1 Å². The minimum atomic E-state index is -0.693. The van der Waals surface area contributed by atoms with Crippen LogP contribution in [0.2, 0.25) is 0 Å². The van der Waals surface area contributed by atoms with Gasteiger partial charge in [-0.05, 0) is 26.2 Å². The summed E-state index contributed by atoms with van der Waals surface area (Å²) in [6.45, 7) is 6.79. The zero-order chi connectivity index (χ0) is 13.9. The van der Waals surface area contributed by atoms with Gasteiger partial charge in [-0.2, -0.15) is 0 Å². The number of rotatable bonds is 4. The lowest BCUT2D eigenvalue weighted by Crippen LogP contribution is -2.66. The van der Waals surface area contributed by atoms with Crippen molar-refractivity contribution in [2.45, 2.75) is 70.0 Å². The summed E-state index contributed by atoms with van der Waals surface area (Å²) in [5, 5.41) is 3.86. The molecule has 1 spiro atoms. The monoisotopic (exact) mass is 286 g/mol. The van der Waals surface area contributed by atoms with E-state index in [0.717, 1.165) is 18.8 Å². The maximum absolute atomic E-state index is 11.5. The highest BCUT2D eigenvalue weighted by molar-refractivity contribution is 7.84. The summed E-state index contributed by atoms with van der Waals surface area (Å²) in [5.41, 5.74) is 0.355. The number of piperazine rings is 1. The molecule has 0 aromatic heterocycles. The minimum Gasteiger partial charge on any atom is -0.308 e. The second-order valence-electron chi connectivity index (χ2n) is 6.55. The van der Waals surface area contributed by atoms with Crippen molar-refractivity contribution in [3.8, 4) is 0 Å². The van der Waals surface area contributed by atoms with Crippen LogP contribution in [0.15, 0.2) is 0 Å². The van der Waals surface area contributed by atoms with Crippen molar-refractivity contribution in [2.24, 2.45) is 0 Å². The van der Waals surface area contributed by atoms with Crippen molar-refractivity contribution < 1.29 is 4.21 Å². The van der Waals surface area contributed by atoms with Gasteiger partial charge in [-0.15, -0.1) is 0 Å². The quantitative estimate of drug-likeness (QED) is 0.859. The molecule has 1 N–H and O–H groups in total. The number of hydrogen-bond donors (Lipinski definition) is 1. The third-order valence-electron chi connectivity index (χ3n) is 4.99. The highest BCUT2D eigenvalue weighted by Crippen LogP contribution is 2.33. The second kappa shape index (κ2) is 6.68. The Morgan fingerprint density at radius 1 is 1.37 bits per heavy atom. The van der Waals surface area contributed by atoms with Gasteiger partial charge >= 0.3 is 0 Å². The van der Waals surface area contributed by atoms with Crippen molar-refractivity contribution in [1.29, 1.82) is 0 Å². The number of nitrogens with one attached hydrogen (secondary N) is 1. The van der Waals surface area contributed by atoms with Gasteiger partial charge < -0.3 is 5.32 Å². The second-order valence-corrected chi connectivity index (χ2v) is 8.02. The maximum atomic E-state index is 11.5. The standard InChI is InChI=1S/C15H30N2OS/c1-4-14-10-16-15(8-6-5-7-9-15)12-17(14)13(2)11-19(3)18/h13-14,16H,4-12H2,1-3H3. The molecule has 1 saturated heterocycles. The highest BCUT2D eigenvalue weighted by Gasteiger charge is 2.40. The molecule has 0 bridgehead atoms. The molecule has 3 atom stereocenters. The Morgan fingerprint density at radius 2 is 2.05 bits per heavy atom. The van der Waals surface area contributed by atoms with E-state index in [-0.39, 0.29) is 0 Å². The van der Waals surface area contributed by atoms with Crippen molar-refractivity contribution in [3.63, 3.8) is 0 Å². The van der Waals surface area contributed by atoms with E-state index in [9.17, 15) is 4.21 Å². The van der Waals surface area contributed by atoms with Crippen LogP contribution in [-0.4, -0.2) is 51.8 Å². The van der Waals surface area contributed by atoms with E-state index in [1.165, 1.54) is 38.5 Å². The fraction of sp³-hybridized carbons (Fsp3) is 1.00. The largest absolute Gasteiger partial charge is 0.308 e. The highest BCUT2D eigenvalue weighted by atomic mass is 32.2. The molecular formula is C15H30N2OS. The Morgan fingerprint density at radius 3 is 2.63 bits per heavy atom. The van der Waals surface area contributed by atoms with Gasteiger partial charge in [0.25, 0.3) is 0 Å². The van der Waals surface area contributed by atoms with Gasteiger partial charge in [0, 0.05) is 53.5 Å². The molecule has 4 heteroatoms. The first kappa shape index (κ1) is 15.5. The number of hydrogen-bond acceptors (Lipinski definition) is 3. The average Bonchev–Trinajstić information content (AvgIpc) is 2.39. The lowest BCUT2D eigenvalue weighted by molar-refractivity contribution is 0.0337. The summed E-state index contributed by atoms with van der Waals surface area (Å²) in [4.78, 5) is 2.64. The Bertz CT molecular complexity index is 315. The molecule has 1 aliphatic carbocycles. The van der Waals surface area contributed by atoms with Crippen LogP contribution in [0.3, 0.4) is 0 Å². The van der Waals surface area contributed by atoms with Crippen LogP contribution in [0.5, 0.6) is 0 Å². The van der Waals surface area contributed by atoms with Crippen LogP contribution in [0.4, 0.5) is 0 Å². The van der Waals surface area contributed by atoms with Crippen molar-refractivity contribution in [3.05, 3.63) is 0 Å². The zero-order valence-corrected chi connectivity index (χ0v) is 13.6. The summed E-state index contributed by atoms with van der Waals surface area (Å²) in [7, 11) is -0.693. The first-order valence-electron chi connectivity index (χ1n) is 7.87. The Labute approximate surface area is 121 Å². The Balaban J connectivity index is 2.05. The van der Waals surface area contributed by atoms with Crippen LogP contribution in [0.1, 0.15) is 52.4 Å². The van der Waals surface area contributed by atoms with Gasteiger partial charge in [0.2, 0.25) is 0 Å². The third-order valence-corrected chi connectivity index (χ3v) is 5.94. The molecule has 3 unspecified atom stereocenters. The molecule has 2 aliphatic rings. The van der Waals surface area contributed by atoms with E-state index in [0.29, 0.717) is 17.6 Å². The average molecular weight is 286 g/mol. The lowest BCUT2D eigenvalue weighted by Gasteiger charge is -2.51. The summed E-state index contributed by atoms with van der Waals surface area (Å²) in [5.74, 6) is 0.812. The molecule has 1 aliphatic heterocycles. The molecule has 2 rings (SSSR count). The number of nitrogens with zero attached hydrogens (tertiary/aromatic N) is 1. The molecule has 1 saturated carbocycles. The molecule has 1 heterocycles. The normalized spacial score (nSPS) is 31.2. The molecule has 0 amide bonds. The molecule has 3 nitrogen and oxygen atoms in total. The maximum Gasteiger partial charge on any atom is 0.0385 e. The Hall–Kier alpha value is 0.0700. The molecule has 0 radical (unpaired) electrons. The smallest absolute Gasteiger partial charge is 0.0385 e. The van der Waals surface area contributed by atoms with Gasteiger partial charge in [0.1, 0.15) is 0 Å². The van der Waals surface area contributed by atoms with Gasteiger partial charge in [0.05, 0.1) is 0 Å².